The minimum atomic E-state index is -0.417. The van der Waals surface area contributed by atoms with Gasteiger partial charge in [0.15, 0.2) is 0 Å². The summed E-state index contributed by atoms with van der Waals surface area (Å²) in [6.45, 7) is 7.48. The van der Waals surface area contributed by atoms with E-state index in [9.17, 15) is 4.79 Å². The third-order valence-electron chi connectivity index (χ3n) is 4.75. The molecule has 0 unspecified atom stereocenters. The summed E-state index contributed by atoms with van der Waals surface area (Å²) in [5.74, 6) is 1.03. The average molecular weight is 319 g/mol. The van der Waals surface area contributed by atoms with E-state index in [4.69, 9.17) is 9.47 Å². The molecule has 1 aromatic heterocycles. The molecule has 126 valence electrons. The van der Waals surface area contributed by atoms with Crippen molar-refractivity contribution in [3.8, 4) is 5.88 Å². The summed E-state index contributed by atoms with van der Waals surface area (Å²) >= 11 is 0. The quantitative estimate of drug-likeness (QED) is 0.879. The van der Waals surface area contributed by atoms with Crippen molar-refractivity contribution in [2.75, 3.05) is 33.4 Å². The van der Waals surface area contributed by atoms with Gasteiger partial charge in [0.1, 0.15) is 0 Å². The van der Waals surface area contributed by atoms with Crippen molar-refractivity contribution in [2.45, 2.75) is 26.4 Å². The van der Waals surface area contributed by atoms with Crippen molar-refractivity contribution >= 4 is 5.91 Å². The average Bonchev–Trinajstić information content (AvgIpc) is 3.05. The lowest BCUT2D eigenvalue weighted by Crippen LogP contribution is -2.48. The maximum atomic E-state index is 12.7. The zero-order valence-corrected chi connectivity index (χ0v) is 14.0. The highest BCUT2D eigenvalue weighted by Crippen LogP contribution is 2.42. The predicted octanol–water partition coefficient (Wildman–Crippen LogP) is 1.06. The molecule has 0 saturated carbocycles. The number of ether oxygens (including phenoxy) is 2. The van der Waals surface area contributed by atoms with E-state index in [-0.39, 0.29) is 17.9 Å². The van der Waals surface area contributed by atoms with E-state index in [1.54, 1.807) is 13.3 Å². The molecular formula is C17H25N3O3. The lowest BCUT2D eigenvalue weighted by atomic mass is 9.80. The molecule has 23 heavy (non-hydrogen) atoms. The molecule has 1 amide bonds. The number of rotatable bonds is 5. The number of carbonyl (C=O) groups excluding carboxylic acids is 1. The third-order valence-corrected chi connectivity index (χ3v) is 4.75. The summed E-state index contributed by atoms with van der Waals surface area (Å²) in [7, 11) is 1.63. The summed E-state index contributed by atoms with van der Waals surface area (Å²) < 4.78 is 11.0. The highest BCUT2D eigenvalue weighted by Gasteiger charge is 2.55. The molecule has 2 aliphatic rings. The van der Waals surface area contributed by atoms with Crippen LogP contribution in [0.1, 0.15) is 19.4 Å². The second-order valence-corrected chi connectivity index (χ2v) is 6.84. The van der Waals surface area contributed by atoms with E-state index >= 15 is 0 Å². The van der Waals surface area contributed by atoms with Crippen molar-refractivity contribution in [3.05, 3.63) is 23.9 Å². The first-order valence-corrected chi connectivity index (χ1v) is 8.14. The van der Waals surface area contributed by atoms with Gasteiger partial charge in [-0.25, -0.2) is 4.98 Å². The molecule has 0 bridgehead atoms. The van der Waals surface area contributed by atoms with Gasteiger partial charge in [-0.15, -0.1) is 0 Å². The number of amides is 1. The highest BCUT2D eigenvalue weighted by molar-refractivity contribution is 5.84. The number of carbonyl (C=O) groups is 1. The van der Waals surface area contributed by atoms with Gasteiger partial charge in [0.05, 0.1) is 25.7 Å². The molecule has 0 spiro atoms. The van der Waals surface area contributed by atoms with Gasteiger partial charge in [0.2, 0.25) is 11.8 Å². The highest BCUT2D eigenvalue weighted by atomic mass is 16.5. The molecule has 2 atom stereocenters. The van der Waals surface area contributed by atoms with Gasteiger partial charge in [0.25, 0.3) is 0 Å². The van der Waals surface area contributed by atoms with Crippen LogP contribution in [0.25, 0.3) is 0 Å². The fourth-order valence-electron chi connectivity index (χ4n) is 3.66. The van der Waals surface area contributed by atoms with Crippen LogP contribution in [-0.4, -0.2) is 55.2 Å². The second kappa shape index (κ2) is 6.45. The Morgan fingerprint density at radius 3 is 3.17 bits per heavy atom. The van der Waals surface area contributed by atoms with Crippen LogP contribution in [-0.2, 0) is 16.1 Å². The van der Waals surface area contributed by atoms with Gasteiger partial charge in [0, 0.05) is 43.4 Å². The zero-order chi connectivity index (χ0) is 16.4. The lowest BCUT2D eigenvalue weighted by Gasteiger charge is -2.27. The number of hydrogen-bond acceptors (Lipinski definition) is 5. The molecule has 2 aliphatic heterocycles. The Labute approximate surface area is 137 Å². The lowest BCUT2D eigenvalue weighted by molar-refractivity contribution is -0.132. The first-order chi connectivity index (χ1) is 11.0. The van der Waals surface area contributed by atoms with E-state index in [0.717, 1.165) is 18.7 Å². The largest absolute Gasteiger partial charge is 0.481 e. The monoisotopic (exact) mass is 319 g/mol. The smallest absolute Gasteiger partial charge is 0.230 e. The number of nitrogens with zero attached hydrogens (tertiary/aromatic N) is 2. The molecule has 1 N–H and O–H groups in total. The van der Waals surface area contributed by atoms with Gasteiger partial charge in [-0.1, -0.05) is 6.07 Å². The second-order valence-electron chi connectivity index (χ2n) is 6.84. The molecule has 0 aromatic carbocycles. The number of hydrogen-bond donors (Lipinski definition) is 1. The summed E-state index contributed by atoms with van der Waals surface area (Å²) in [5.41, 5.74) is 0.634. The van der Waals surface area contributed by atoms with Gasteiger partial charge in [-0.05, 0) is 19.9 Å². The van der Waals surface area contributed by atoms with E-state index in [0.29, 0.717) is 25.6 Å². The minimum Gasteiger partial charge on any atom is -0.481 e. The van der Waals surface area contributed by atoms with Gasteiger partial charge in [-0.2, -0.15) is 0 Å². The summed E-state index contributed by atoms with van der Waals surface area (Å²) in [6.07, 6.45) is 1.73. The molecular weight excluding hydrogens is 294 g/mol. The fourth-order valence-corrected chi connectivity index (χ4v) is 3.66. The molecule has 1 aromatic rings. The van der Waals surface area contributed by atoms with Crippen molar-refractivity contribution in [2.24, 2.45) is 11.3 Å². The van der Waals surface area contributed by atoms with Crippen molar-refractivity contribution in [3.63, 3.8) is 0 Å². The van der Waals surface area contributed by atoms with Gasteiger partial charge >= 0.3 is 0 Å². The number of nitrogens with one attached hydrogen (secondary N) is 1. The van der Waals surface area contributed by atoms with E-state index in [1.807, 2.05) is 26.0 Å². The van der Waals surface area contributed by atoms with Crippen molar-refractivity contribution in [1.82, 2.24) is 15.2 Å². The van der Waals surface area contributed by atoms with E-state index in [1.165, 1.54) is 0 Å². The summed E-state index contributed by atoms with van der Waals surface area (Å²) in [5, 5.41) is 3.07. The maximum absolute atomic E-state index is 12.7. The Bertz CT molecular complexity index is 578. The molecule has 0 radical (unpaired) electrons. The van der Waals surface area contributed by atoms with Crippen LogP contribution >= 0.6 is 0 Å². The fraction of sp³-hybridized carbons (Fsp3) is 0.647. The predicted molar refractivity (Wildman–Crippen MR) is 86.1 cm³/mol. The number of methoxy groups -OCH3 is 1. The van der Waals surface area contributed by atoms with Crippen molar-refractivity contribution < 1.29 is 14.3 Å². The minimum absolute atomic E-state index is 0.121. The van der Waals surface area contributed by atoms with Gasteiger partial charge < -0.3 is 14.8 Å². The Morgan fingerprint density at radius 1 is 1.61 bits per heavy atom. The number of fused-ring (bicyclic) bond motifs is 1. The summed E-state index contributed by atoms with van der Waals surface area (Å²) in [4.78, 5) is 19.3. The molecule has 3 heterocycles. The van der Waals surface area contributed by atoms with Crippen LogP contribution in [0, 0.1) is 11.3 Å². The Kier molecular flexibility index (Phi) is 4.55. The molecule has 3 rings (SSSR count). The first kappa shape index (κ1) is 16.2. The Balaban J connectivity index is 1.74. The zero-order valence-electron chi connectivity index (χ0n) is 14.0. The Hall–Kier alpha value is -1.66. The third kappa shape index (κ3) is 3.05. The standard InChI is InChI=1S/C17H25N3O3/c1-12(2)19-16(21)17-10-20(8-14(17)9-23-11-17)7-13-5-4-6-18-15(13)22-3/h4-6,12,14H,7-11H2,1-3H3,(H,19,21)/t14-,17-/m0/s1. The summed E-state index contributed by atoms with van der Waals surface area (Å²) in [6, 6.07) is 4.08. The molecule has 2 fully saturated rings. The number of aromatic nitrogens is 1. The molecule has 6 heteroatoms. The molecule has 6 nitrogen and oxygen atoms in total. The molecule has 0 aliphatic carbocycles. The van der Waals surface area contributed by atoms with Crippen LogP contribution in [0.3, 0.4) is 0 Å². The Morgan fingerprint density at radius 2 is 2.43 bits per heavy atom. The van der Waals surface area contributed by atoms with Crippen molar-refractivity contribution in [1.29, 1.82) is 0 Å². The van der Waals surface area contributed by atoms with E-state index < -0.39 is 5.41 Å². The van der Waals surface area contributed by atoms with Crippen LogP contribution in [0.5, 0.6) is 5.88 Å². The maximum Gasteiger partial charge on any atom is 0.230 e. The normalized spacial score (nSPS) is 27.2. The van der Waals surface area contributed by atoms with Gasteiger partial charge in [-0.3, -0.25) is 9.69 Å². The van der Waals surface area contributed by atoms with Crippen LogP contribution in [0.15, 0.2) is 18.3 Å². The topological polar surface area (TPSA) is 63.7 Å². The molecule has 2 saturated heterocycles. The van der Waals surface area contributed by atoms with Crippen LogP contribution in [0.4, 0.5) is 0 Å². The van der Waals surface area contributed by atoms with E-state index in [2.05, 4.69) is 15.2 Å². The van der Waals surface area contributed by atoms with Crippen LogP contribution in [0.2, 0.25) is 0 Å². The van der Waals surface area contributed by atoms with Crippen LogP contribution < -0.4 is 10.1 Å². The SMILES string of the molecule is COc1ncccc1CN1C[C@H]2COC[C@@]2(C(=O)NC(C)C)C1. The number of likely N-dealkylation sites (tertiary alicyclic amines) is 1. The first-order valence-electron chi connectivity index (χ1n) is 8.14. The number of pyridine rings is 1.